The SMILES string of the molecule is Cc1cccc2cc(C(=O)NC(C)c3ccc(F)cc3)oc12. The van der Waals surface area contributed by atoms with E-state index < -0.39 is 0 Å². The molecule has 0 radical (unpaired) electrons. The quantitative estimate of drug-likeness (QED) is 0.780. The minimum Gasteiger partial charge on any atom is -0.451 e. The largest absolute Gasteiger partial charge is 0.451 e. The summed E-state index contributed by atoms with van der Waals surface area (Å²) in [6.07, 6.45) is 0. The zero-order chi connectivity index (χ0) is 15.7. The summed E-state index contributed by atoms with van der Waals surface area (Å²) in [6.45, 7) is 3.79. The minimum atomic E-state index is -0.296. The van der Waals surface area contributed by atoms with E-state index >= 15 is 0 Å². The van der Waals surface area contributed by atoms with Crippen LogP contribution in [0.4, 0.5) is 4.39 Å². The van der Waals surface area contributed by atoms with Gasteiger partial charge in [0.25, 0.3) is 5.91 Å². The standard InChI is InChI=1S/C18H16FNO2/c1-11-4-3-5-14-10-16(22-17(11)14)18(21)20-12(2)13-6-8-15(19)9-7-13/h3-10,12H,1-2H3,(H,20,21). The first-order chi connectivity index (χ1) is 10.5. The molecule has 0 fully saturated rings. The van der Waals surface area contributed by atoms with Crippen molar-refractivity contribution >= 4 is 16.9 Å². The van der Waals surface area contributed by atoms with Crippen LogP contribution in [-0.4, -0.2) is 5.91 Å². The third-order valence-electron chi connectivity index (χ3n) is 3.68. The molecular formula is C18H16FNO2. The summed E-state index contributed by atoms with van der Waals surface area (Å²) in [5.41, 5.74) is 2.55. The summed E-state index contributed by atoms with van der Waals surface area (Å²) < 4.78 is 18.6. The van der Waals surface area contributed by atoms with Gasteiger partial charge in [0, 0.05) is 5.39 Å². The van der Waals surface area contributed by atoms with Crippen molar-refractivity contribution in [3.05, 3.63) is 71.2 Å². The molecular weight excluding hydrogens is 281 g/mol. The molecule has 0 aliphatic carbocycles. The second-order valence-corrected chi connectivity index (χ2v) is 5.35. The van der Waals surface area contributed by atoms with Crippen molar-refractivity contribution in [2.24, 2.45) is 0 Å². The van der Waals surface area contributed by atoms with Gasteiger partial charge in [0.05, 0.1) is 6.04 Å². The van der Waals surface area contributed by atoms with Crippen LogP contribution in [-0.2, 0) is 0 Å². The number of rotatable bonds is 3. The predicted octanol–water partition coefficient (Wildman–Crippen LogP) is 4.37. The molecule has 1 unspecified atom stereocenters. The molecule has 22 heavy (non-hydrogen) atoms. The van der Waals surface area contributed by atoms with E-state index in [9.17, 15) is 9.18 Å². The Kier molecular flexibility index (Phi) is 3.67. The molecule has 0 saturated heterocycles. The van der Waals surface area contributed by atoms with E-state index in [1.165, 1.54) is 12.1 Å². The van der Waals surface area contributed by atoms with Crippen LogP contribution in [0.3, 0.4) is 0 Å². The molecule has 0 aliphatic rings. The fourth-order valence-corrected chi connectivity index (χ4v) is 2.42. The Balaban J connectivity index is 1.80. The van der Waals surface area contributed by atoms with Gasteiger partial charge in [-0.25, -0.2) is 4.39 Å². The maximum atomic E-state index is 12.9. The van der Waals surface area contributed by atoms with Crippen LogP contribution < -0.4 is 5.32 Å². The van der Waals surface area contributed by atoms with Crippen LogP contribution in [0, 0.1) is 12.7 Å². The Morgan fingerprint density at radius 3 is 2.59 bits per heavy atom. The van der Waals surface area contributed by atoms with Crippen LogP contribution >= 0.6 is 0 Å². The zero-order valence-corrected chi connectivity index (χ0v) is 12.4. The number of aryl methyl sites for hydroxylation is 1. The summed E-state index contributed by atoms with van der Waals surface area (Å²) in [5.74, 6) is -0.305. The molecule has 0 aliphatic heterocycles. The summed E-state index contributed by atoms with van der Waals surface area (Å²) >= 11 is 0. The molecule has 1 atom stereocenters. The van der Waals surface area contributed by atoms with Crippen molar-refractivity contribution in [1.82, 2.24) is 5.32 Å². The third kappa shape index (κ3) is 2.72. The molecule has 3 nitrogen and oxygen atoms in total. The van der Waals surface area contributed by atoms with Gasteiger partial charge in [-0.05, 0) is 43.2 Å². The lowest BCUT2D eigenvalue weighted by molar-refractivity contribution is 0.0914. The molecule has 2 aromatic carbocycles. The summed E-state index contributed by atoms with van der Waals surface area (Å²) in [7, 11) is 0. The number of fused-ring (bicyclic) bond motifs is 1. The zero-order valence-electron chi connectivity index (χ0n) is 12.4. The first-order valence-corrected chi connectivity index (χ1v) is 7.10. The monoisotopic (exact) mass is 297 g/mol. The number of halogens is 1. The van der Waals surface area contributed by atoms with Gasteiger partial charge >= 0.3 is 0 Å². The highest BCUT2D eigenvalue weighted by atomic mass is 19.1. The molecule has 1 N–H and O–H groups in total. The van der Waals surface area contributed by atoms with Gasteiger partial charge in [0.2, 0.25) is 0 Å². The summed E-state index contributed by atoms with van der Waals surface area (Å²) in [5, 5.41) is 3.76. The van der Waals surface area contributed by atoms with Crippen molar-refractivity contribution < 1.29 is 13.6 Å². The molecule has 1 amide bonds. The molecule has 4 heteroatoms. The van der Waals surface area contributed by atoms with Crippen molar-refractivity contribution in [3.63, 3.8) is 0 Å². The Hall–Kier alpha value is -2.62. The first-order valence-electron chi connectivity index (χ1n) is 7.10. The smallest absolute Gasteiger partial charge is 0.287 e. The lowest BCUT2D eigenvalue weighted by atomic mass is 10.1. The molecule has 1 aromatic heterocycles. The topological polar surface area (TPSA) is 42.2 Å². The predicted molar refractivity (Wildman–Crippen MR) is 83.2 cm³/mol. The number of benzene rings is 2. The van der Waals surface area contributed by atoms with Gasteiger partial charge in [-0.3, -0.25) is 4.79 Å². The van der Waals surface area contributed by atoms with Crippen molar-refractivity contribution in [3.8, 4) is 0 Å². The van der Waals surface area contributed by atoms with Gasteiger partial charge in [0.1, 0.15) is 11.4 Å². The molecule has 3 rings (SSSR count). The fraction of sp³-hybridized carbons (Fsp3) is 0.167. The summed E-state index contributed by atoms with van der Waals surface area (Å²) in [6, 6.07) is 13.3. The van der Waals surface area contributed by atoms with Gasteiger partial charge in [0.15, 0.2) is 5.76 Å². The molecule has 0 spiro atoms. The van der Waals surface area contributed by atoms with Crippen LogP contribution in [0.5, 0.6) is 0 Å². The van der Waals surface area contributed by atoms with Gasteiger partial charge < -0.3 is 9.73 Å². The second kappa shape index (κ2) is 5.64. The highest BCUT2D eigenvalue weighted by Gasteiger charge is 2.16. The Morgan fingerprint density at radius 1 is 1.18 bits per heavy atom. The second-order valence-electron chi connectivity index (χ2n) is 5.35. The maximum absolute atomic E-state index is 12.9. The Labute approximate surface area is 127 Å². The highest BCUT2D eigenvalue weighted by Crippen LogP contribution is 2.23. The Morgan fingerprint density at radius 2 is 1.91 bits per heavy atom. The van der Waals surface area contributed by atoms with Crippen LogP contribution in [0.25, 0.3) is 11.0 Å². The van der Waals surface area contributed by atoms with Crippen LogP contribution in [0.2, 0.25) is 0 Å². The number of carbonyl (C=O) groups excluding carboxylic acids is 1. The van der Waals surface area contributed by atoms with E-state index in [1.54, 1.807) is 18.2 Å². The molecule has 3 aromatic rings. The molecule has 1 heterocycles. The van der Waals surface area contributed by atoms with E-state index in [2.05, 4.69) is 5.32 Å². The first kappa shape index (κ1) is 14.3. The lowest BCUT2D eigenvalue weighted by Gasteiger charge is -2.13. The molecule has 0 bridgehead atoms. The number of para-hydroxylation sites is 1. The van der Waals surface area contributed by atoms with Gasteiger partial charge in [-0.15, -0.1) is 0 Å². The number of hydrogen-bond acceptors (Lipinski definition) is 2. The summed E-state index contributed by atoms with van der Waals surface area (Å²) in [4.78, 5) is 12.3. The fourth-order valence-electron chi connectivity index (χ4n) is 2.42. The number of hydrogen-bond donors (Lipinski definition) is 1. The lowest BCUT2D eigenvalue weighted by Crippen LogP contribution is -2.26. The average Bonchev–Trinajstić information content (AvgIpc) is 2.93. The van der Waals surface area contributed by atoms with E-state index in [0.29, 0.717) is 0 Å². The number of carbonyl (C=O) groups is 1. The van der Waals surface area contributed by atoms with Crippen LogP contribution in [0.15, 0.2) is 52.9 Å². The van der Waals surface area contributed by atoms with E-state index in [4.69, 9.17) is 4.42 Å². The number of amides is 1. The Bertz CT molecular complexity index is 821. The minimum absolute atomic E-state index is 0.234. The molecule has 112 valence electrons. The third-order valence-corrected chi connectivity index (χ3v) is 3.68. The van der Waals surface area contributed by atoms with Crippen LogP contribution in [0.1, 0.15) is 34.6 Å². The van der Waals surface area contributed by atoms with Gasteiger partial charge in [-0.1, -0.05) is 30.3 Å². The number of nitrogens with one attached hydrogen (secondary N) is 1. The highest BCUT2D eigenvalue weighted by molar-refractivity contribution is 5.96. The van der Waals surface area contributed by atoms with E-state index in [0.717, 1.165) is 22.1 Å². The van der Waals surface area contributed by atoms with E-state index in [1.807, 2.05) is 32.0 Å². The van der Waals surface area contributed by atoms with Crippen molar-refractivity contribution in [2.75, 3.05) is 0 Å². The van der Waals surface area contributed by atoms with E-state index in [-0.39, 0.29) is 23.5 Å². The number of furan rings is 1. The van der Waals surface area contributed by atoms with Crippen molar-refractivity contribution in [2.45, 2.75) is 19.9 Å². The van der Waals surface area contributed by atoms with Gasteiger partial charge in [-0.2, -0.15) is 0 Å². The molecule has 0 saturated carbocycles. The average molecular weight is 297 g/mol. The normalized spacial score (nSPS) is 12.3. The maximum Gasteiger partial charge on any atom is 0.287 e. The van der Waals surface area contributed by atoms with Crippen molar-refractivity contribution in [1.29, 1.82) is 0 Å².